The highest BCUT2D eigenvalue weighted by Crippen LogP contribution is 2.21. The van der Waals surface area contributed by atoms with Crippen LogP contribution in [-0.4, -0.2) is 33.3 Å². The molecule has 7 heteroatoms. The summed E-state index contributed by atoms with van der Waals surface area (Å²) in [6, 6.07) is 7.06. The summed E-state index contributed by atoms with van der Waals surface area (Å²) in [6.07, 6.45) is 0. The normalized spacial score (nSPS) is 10.8. The Morgan fingerprint density at radius 1 is 1.15 bits per heavy atom. The number of aryl methyl sites for hydroxylation is 2. The van der Waals surface area contributed by atoms with Crippen LogP contribution < -0.4 is 4.74 Å². The number of rotatable bonds is 6. The first kappa shape index (κ1) is 17.6. The molecule has 26 heavy (non-hydrogen) atoms. The van der Waals surface area contributed by atoms with Crippen LogP contribution in [0.2, 0.25) is 0 Å². The molecule has 7 nitrogen and oxygen atoms in total. The molecule has 0 saturated carbocycles. The number of carbonyl (C=O) groups excluding carboxylic acids is 2. The van der Waals surface area contributed by atoms with Crippen molar-refractivity contribution in [1.82, 2.24) is 15.1 Å². The lowest BCUT2D eigenvalue weighted by molar-refractivity contribution is 0.0916. The average Bonchev–Trinajstić information content (AvgIpc) is 3.16. The summed E-state index contributed by atoms with van der Waals surface area (Å²) in [4.78, 5) is 31.2. The van der Waals surface area contributed by atoms with Crippen molar-refractivity contribution in [1.29, 1.82) is 0 Å². The smallest absolute Gasteiger partial charge is 0.223 e. The highest BCUT2D eigenvalue weighted by molar-refractivity contribution is 6.03. The van der Waals surface area contributed by atoms with Gasteiger partial charge < -0.3 is 14.2 Å². The van der Waals surface area contributed by atoms with Gasteiger partial charge in [0.2, 0.25) is 17.5 Å². The maximum Gasteiger partial charge on any atom is 0.223 e. The highest BCUT2D eigenvalue weighted by atomic mass is 16.5. The molecule has 0 unspecified atom stereocenters. The minimum atomic E-state index is -0.212. The summed E-state index contributed by atoms with van der Waals surface area (Å²) in [5, 5.41) is 3.85. The molecule has 0 aliphatic carbocycles. The zero-order valence-corrected chi connectivity index (χ0v) is 15.0. The van der Waals surface area contributed by atoms with Crippen molar-refractivity contribution in [3.8, 4) is 17.1 Å². The first-order valence-electron chi connectivity index (χ1n) is 8.13. The van der Waals surface area contributed by atoms with E-state index in [2.05, 4.69) is 15.1 Å². The van der Waals surface area contributed by atoms with Crippen LogP contribution in [0, 0.1) is 20.8 Å². The number of nitrogens with zero attached hydrogens (tertiary/aromatic N) is 2. The van der Waals surface area contributed by atoms with Gasteiger partial charge >= 0.3 is 0 Å². The van der Waals surface area contributed by atoms with Gasteiger partial charge in [-0.25, -0.2) is 0 Å². The van der Waals surface area contributed by atoms with Gasteiger partial charge in [-0.1, -0.05) is 5.16 Å². The third kappa shape index (κ3) is 3.42. The van der Waals surface area contributed by atoms with Crippen LogP contribution in [0.3, 0.4) is 0 Å². The van der Waals surface area contributed by atoms with E-state index in [-0.39, 0.29) is 18.2 Å². The molecular formula is C19H19N3O4. The molecule has 2 aromatic heterocycles. The van der Waals surface area contributed by atoms with Gasteiger partial charge in [-0.3, -0.25) is 9.59 Å². The van der Waals surface area contributed by atoms with Gasteiger partial charge in [0.15, 0.2) is 12.4 Å². The maximum absolute atomic E-state index is 12.4. The molecule has 0 saturated heterocycles. The van der Waals surface area contributed by atoms with E-state index >= 15 is 0 Å². The van der Waals surface area contributed by atoms with E-state index in [0.29, 0.717) is 40.0 Å². The second-order valence-corrected chi connectivity index (χ2v) is 6.05. The third-order valence-electron chi connectivity index (χ3n) is 4.08. The lowest BCUT2D eigenvalue weighted by atomic mass is 10.1. The number of nitrogens with one attached hydrogen (secondary N) is 1. The molecule has 0 bridgehead atoms. The molecule has 0 spiro atoms. The molecule has 3 aromatic rings. The van der Waals surface area contributed by atoms with E-state index in [1.807, 2.05) is 0 Å². The van der Waals surface area contributed by atoms with Gasteiger partial charge in [0, 0.05) is 23.7 Å². The van der Waals surface area contributed by atoms with Gasteiger partial charge in [-0.05, 0) is 50.6 Å². The van der Waals surface area contributed by atoms with E-state index in [9.17, 15) is 9.59 Å². The average molecular weight is 353 g/mol. The summed E-state index contributed by atoms with van der Waals surface area (Å²) < 4.78 is 10.5. The summed E-state index contributed by atoms with van der Waals surface area (Å²) in [5.41, 5.74) is 3.12. The van der Waals surface area contributed by atoms with Crippen molar-refractivity contribution in [3.05, 3.63) is 52.7 Å². The Morgan fingerprint density at radius 2 is 1.85 bits per heavy atom. The monoisotopic (exact) mass is 353 g/mol. The minimum absolute atomic E-state index is 0.0662. The molecule has 0 amide bonds. The largest absolute Gasteiger partial charge is 0.485 e. The van der Waals surface area contributed by atoms with Crippen molar-refractivity contribution in [2.75, 3.05) is 6.61 Å². The van der Waals surface area contributed by atoms with Crippen molar-refractivity contribution in [2.24, 2.45) is 0 Å². The molecule has 0 atom stereocenters. The highest BCUT2D eigenvalue weighted by Gasteiger charge is 2.20. The SMILES string of the molecule is CC(=O)c1c(C)[nH]c(C(=O)COc2ccc(-c3noc(C)n3)cc2)c1C. The number of ether oxygens (including phenoxy) is 1. The molecule has 0 aliphatic rings. The summed E-state index contributed by atoms with van der Waals surface area (Å²) >= 11 is 0. The topological polar surface area (TPSA) is 98.1 Å². The number of carbonyl (C=O) groups is 2. The molecule has 134 valence electrons. The number of H-pyrrole nitrogens is 1. The van der Waals surface area contributed by atoms with Crippen molar-refractivity contribution < 1.29 is 18.8 Å². The zero-order chi connectivity index (χ0) is 18.8. The Labute approximate surface area is 150 Å². The standard InChI is InChI=1S/C19H19N3O4/c1-10-17(12(3)23)11(2)20-18(10)16(24)9-25-15-7-5-14(6-8-15)19-21-13(4)26-22-19/h5-8,20H,9H2,1-4H3. The minimum Gasteiger partial charge on any atom is -0.485 e. The van der Waals surface area contributed by atoms with E-state index in [0.717, 1.165) is 5.56 Å². The first-order chi connectivity index (χ1) is 12.4. The molecule has 0 aliphatic heterocycles. The van der Waals surface area contributed by atoms with Gasteiger partial charge in [0.25, 0.3) is 0 Å². The Hall–Kier alpha value is -3.22. The number of aromatic amines is 1. The second kappa shape index (κ2) is 6.95. The van der Waals surface area contributed by atoms with E-state index in [1.54, 1.807) is 45.0 Å². The molecular weight excluding hydrogens is 334 g/mol. The Bertz CT molecular complexity index is 967. The van der Waals surface area contributed by atoms with Gasteiger partial charge in [-0.2, -0.15) is 4.98 Å². The maximum atomic E-state index is 12.4. The number of benzene rings is 1. The molecule has 2 heterocycles. The zero-order valence-electron chi connectivity index (χ0n) is 15.0. The lowest BCUT2D eigenvalue weighted by Gasteiger charge is -2.06. The third-order valence-corrected chi connectivity index (χ3v) is 4.08. The van der Waals surface area contributed by atoms with Crippen LogP contribution in [0.1, 0.15) is 44.9 Å². The Balaban J connectivity index is 1.68. The number of hydrogen-bond acceptors (Lipinski definition) is 6. The molecule has 1 aromatic carbocycles. The molecule has 3 rings (SSSR count). The van der Waals surface area contributed by atoms with Gasteiger partial charge in [0.05, 0.1) is 5.69 Å². The van der Waals surface area contributed by atoms with E-state index in [4.69, 9.17) is 9.26 Å². The number of aromatic nitrogens is 3. The molecule has 0 radical (unpaired) electrons. The van der Waals surface area contributed by atoms with Gasteiger partial charge in [-0.15, -0.1) is 0 Å². The van der Waals surface area contributed by atoms with Gasteiger partial charge in [0.1, 0.15) is 5.75 Å². The molecule has 1 N–H and O–H groups in total. The van der Waals surface area contributed by atoms with Crippen molar-refractivity contribution >= 4 is 11.6 Å². The van der Waals surface area contributed by atoms with Crippen molar-refractivity contribution in [3.63, 3.8) is 0 Å². The second-order valence-electron chi connectivity index (χ2n) is 6.05. The van der Waals surface area contributed by atoms with E-state index < -0.39 is 0 Å². The van der Waals surface area contributed by atoms with Crippen LogP contribution in [-0.2, 0) is 0 Å². The predicted octanol–water partition coefficient (Wildman–Crippen LogP) is 3.45. The van der Waals surface area contributed by atoms with Crippen LogP contribution in [0.25, 0.3) is 11.4 Å². The molecule has 0 fully saturated rings. The fraction of sp³-hybridized carbons (Fsp3) is 0.263. The Morgan fingerprint density at radius 3 is 2.38 bits per heavy atom. The fourth-order valence-corrected chi connectivity index (χ4v) is 2.89. The van der Waals surface area contributed by atoms with Crippen LogP contribution >= 0.6 is 0 Å². The Kier molecular flexibility index (Phi) is 4.71. The first-order valence-corrected chi connectivity index (χ1v) is 8.13. The fourth-order valence-electron chi connectivity index (χ4n) is 2.89. The van der Waals surface area contributed by atoms with Crippen LogP contribution in [0.4, 0.5) is 0 Å². The number of hydrogen-bond donors (Lipinski definition) is 1. The summed E-state index contributed by atoms with van der Waals surface area (Å²) in [7, 11) is 0. The lowest BCUT2D eigenvalue weighted by Crippen LogP contribution is -2.13. The summed E-state index contributed by atoms with van der Waals surface area (Å²) in [6.45, 7) is 6.62. The quantitative estimate of drug-likeness (QED) is 0.682. The predicted molar refractivity (Wildman–Crippen MR) is 94.6 cm³/mol. The summed E-state index contributed by atoms with van der Waals surface area (Å²) in [5.74, 6) is 1.27. The van der Waals surface area contributed by atoms with E-state index in [1.165, 1.54) is 6.92 Å². The van der Waals surface area contributed by atoms with Crippen LogP contribution in [0.5, 0.6) is 5.75 Å². The number of ketones is 2. The van der Waals surface area contributed by atoms with Crippen molar-refractivity contribution in [2.45, 2.75) is 27.7 Å². The van der Waals surface area contributed by atoms with Crippen LogP contribution in [0.15, 0.2) is 28.8 Å². The number of Topliss-reactive ketones (excluding diaryl/α,β-unsaturated/α-hetero) is 2.